The van der Waals surface area contributed by atoms with E-state index in [1.807, 2.05) is 0 Å². The highest BCUT2D eigenvalue weighted by Gasteiger charge is 2.26. The Morgan fingerprint density at radius 3 is 2.65 bits per heavy atom. The maximum absolute atomic E-state index is 14.3. The van der Waals surface area contributed by atoms with E-state index in [2.05, 4.69) is 20.1 Å². The van der Waals surface area contributed by atoms with Gasteiger partial charge in [0.25, 0.3) is 0 Å². The topological polar surface area (TPSA) is 52.0 Å². The fourth-order valence-electron chi connectivity index (χ4n) is 2.92. The molecule has 0 amide bonds. The zero-order valence-corrected chi connectivity index (χ0v) is 13.3. The number of benzene rings is 2. The third kappa shape index (κ3) is 2.90. The molecule has 0 bridgehead atoms. The number of hydrogen-bond acceptors (Lipinski definition) is 4. The third-order valence-electron chi connectivity index (χ3n) is 4.02. The van der Waals surface area contributed by atoms with E-state index in [1.54, 1.807) is 42.5 Å². The Morgan fingerprint density at radius 1 is 1.08 bits per heavy atom. The Hall–Kier alpha value is -3.29. The van der Waals surface area contributed by atoms with Crippen molar-refractivity contribution in [1.29, 1.82) is 0 Å². The largest absolute Gasteiger partial charge is 0.434 e. The van der Waals surface area contributed by atoms with Crippen molar-refractivity contribution in [2.45, 2.75) is 12.7 Å². The second-order valence-electron chi connectivity index (χ2n) is 5.57. The van der Waals surface area contributed by atoms with E-state index in [-0.39, 0.29) is 5.75 Å². The first-order chi connectivity index (χ1) is 12.6. The summed E-state index contributed by atoms with van der Waals surface area (Å²) in [5.41, 5.74) is 1.30. The summed E-state index contributed by atoms with van der Waals surface area (Å²) in [6, 6.07) is 12.1. The lowest BCUT2D eigenvalue weighted by Crippen LogP contribution is -2.21. The van der Waals surface area contributed by atoms with Gasteiger partial charge in [0, 0.05) is 11.1 Å². The van der Waals surface area contributed by atoms with E-state index in [9.17, 15) is 13.2 Å². The predicted molar refractivity (Wildman–Crippen MR) is 89.2 cm³/mol. The molecule has 0 saturated carbocycles. The number of hydrogen-bond donors (Lipinski definition) is 1. The molecular weight excluding hydrogens is 345 g/mol. The van der Waals surface area contributed by atoms with Gasteiger partial charge in [-0.15, -0.1) is 0 Å². The fourth-order valence-corrected chi connectivity index (χ4v) is 2.92. The first-order valence-corrected chi connectivity index (χ1v) is 7.80. The molecule has 0 spiro atoms. The van der Waals surface area contributed by atoms with E-state index >= 15 is 0 Å². The smallest absolute Gasteiger partial charge is 0.387 e. The molecule has 2 heterocycles. The Morgan fingerprint density at radius 2 is 1.85 bits per heavy atom. The molecule has 1 aromatic heterocycles. The molecule has 2 aromatic carbocycles. The first-order valence-electron chi connectivity index (χ1n) is 7.80. The van der Waals surface area contributed by atoms with Crippen molar-refractivity contribution in [2.75, 3.05) is 5.32 Å². The minimum Gasteiger partial charge on any atom is -0.434 e. The molecule has 1 N–H and O–H groups in total. The second-order valence-corrected chi connectivity index (χ2v) is 5.57. The molecule has 3 aromatic rings. The van der Waals surface area contributed by atoms with Crippen LogP contribution in [-0.2, 0) is 0 Å². The molecule has 26 heavy (non-hydrogen) atoms. The molecule has 1 atom stereocenters. The maximum atomic E-state index is 14.3. The van der Waals surface area contributed by atoms with Crippen molar-refractivity contribution < 1.29 is 17.9 Å². The lowest BCUT2D eigenvalue weighted by atomic mass is 10.0. The van der Waals surface area contributed by atoms with Crippen molar-refractivity contribution in [3.63, 3.8) is 0 Å². The SMILES string of the molecule is Fc1ccccc1[C@@H]1C=C(c2ccccc2OC(F)F)Nc2ncnn21. The molecule has 0 aliphatic carbocycles. The summed E-state index contributed by atoms with van der Waals surface area (Å²) < 4.78 is 45.9. The van der Waals surface area contributed by atoms with Crippen LogP contribution in [0.5, 0.6) is 5.75 Å². The molecule has 0 radical (unpaired) electrons. The molecule has 1 aliphatic heterocycles. The molecule has 4 rings (SSSR count). The summed E-state index contributed by atoms with van der Waals surface area (Å²) >= 11 is 0. The van der Waals surface area contributed by atoms with Gasteiger partial charge < -0.3 is 10.1 Å². The molecule has 5 nitrogen and oxygen atoms in total. The van der Waals surface area contributed by atoms with Gasteiger partial charge in [0.2, 0.25) is 5.95 Å². The van der Waals surface area contributed by atoms with Crippen LogP contribution in [0.2, 0.25) is 0 Å². The number of aromatic nitrogens is 3. The van der Waals surface area contributed by atoms with Crippen molar-refractivity contribution >= 4 is 11.6 Å². The number of para-hydroxylation sites is 1. The number of anilines is 1. The van der Waals surface area contributed by atoms with Gasteiger partial charge in [-0.05, 0) is 24.3 Å². The standard InChI is InChI=1S/C18H13F3N4O/c19-13-7-3-1-5-11(13)15-9-14(24-18-22-10-23-25(15)18)12-6-2-4-8-16(12)26-17(20)21/h1-10,15,17H,(H,22,23,24)/t15-/m0/s1. The molecule has 0 unspecified atom stereocenters. The highest BCUT2D eigenvalue weighted by Crippen LogP contribution is 2.36. The number of ether oxygens (including phenoxy) is 1. The van der Waals surface area contributed by atoms with Crippen molar-refractivity contribution in [1.82, 2.24) is 14.8 Å². The molecular formula is C18H13F3N4O. The van der Waals surface area contributed by atoms with Crippen LogP contribution in [0, 0.1) is 5.82 Å². The minimum absolute atomic E-state index is 0.0153. The number of nitrogens with zero attached hydrogens (tertiary/aromatic N) is 3. The van der Waals surface area contributed by atoms with E-state index < -0.39 is 18.5 Å². The van der Waals surface area contributed by atoms with Crippen LogP contribution in [0.1, 0.15) is 17.2 Å². The van der Waals surface area contributed by atoms with Gasteiger partial charge in [-0.25, -0.2) is 9.07 Å². The van der Waals surface area contributed by atoms with Crippen LogP contribution in [0.4, 0.5) is 19.1 Å². The van der Waals surface area contributed by atoms with Gasteiger partial charge in [-0.1, -0.05) is 30.3 Å². The van der Waals surface area contributed by atoms with Crippen molar-refractivity contribution in [2.24, 2.45) is 0 Å². The fraction of sp³-hybridized carbons (Fsp3) is 0.111. The average molecular weight is 358 g/mol. The zero-order chi connectivity index (χ0) is 18.1. The normalized spacial score (nSPS) is 16.0. The average Bonchev–Trinajstić information content (AvgIpc) is 3.10. The summed E-state index contributed by atoms with van der Waals surface area (Å²) in [6.07, 6.45) is 3.04. The highest BCUT2D eigenvalue weighted by atomic mass is 19.3. The summed E-state index contributed by atoms with van der Waals surface area (Å²) in [7, 11) is 0. The van der Waals surface area contributed by atoms with Crippen LogP contribution in [0.15, 0.2) is 60.9 Å². The number of halogens is 3. The van der Waals surface area contributed by atoms with E-state index in [0.29, 0.717) is 22.8 Å². The highest BCUT2D eigenvalue weighted by molar-refractivity contribution is 5.80. The van der Waals surface area contributed by atoms with Gasteiger partial charge in [0.1, 0.15) is 23.9 Å². The van der Waals surface area contributed by atoms with Crippen molar-refractivity contribution in [3.05, 3.63) is 77.9 Å². The maximum Gasteiger partial charge on any atom is 0.387 e. The Bertz CT molecular complexity index is 970. The first kappa shape index (κ1) is 16.2. The lowest BCUT2D eigenvalue weighted by molar-refractivity contribution is -0.0500. The van der Waals surface area contributed by atoms with Crippen LogP contribution in [0.25, 0.3) is 5.70 Å². The minimum atomic E-state index is -2.95. The number of allylic oxidation sites excluding steroid dienone is 1. The summed E-state index contributed by atoms with van der Waals surface area (Å²) in [6.45, 7) is -2.95. The monoisotopic (exact) mass is 358 g/mol. The molecule has 8 heteroatoms. The van der Waals surface area contributed by atoms with Crippen molar-refractivity contribution in [3.8, 4) is 5.75 Å². The summed E-state index contributed by atoms with van der Waals surface area (Å²) in [5, 5.41) is 7.16. The van der Waals surface area contributed by atoms with E-state index in [1.165, 1.54) is 23.1 Å². The van der Waals surface area contributed by atoms with Crippen LogP contribution >= 0.6 is 0 Å². The number of alkyl halides is 2. The van der Waals surface area contributed by atoms with Gasteiger partial charge in [-0.2, -0.15) is 18.9 Å². The lowest BCUT2D eigenvalue weighted by Gasteiger charge is -2.25. The molecule has 0 fully saturated rings. The van der Waals surface area contributed by atoms with Crippen LogP contribution in [0.3, 0.4) is 0 Å². The Balaban J connectivity index is 1.82. The van der Waals surface area contributed by atoms with Crippen LogP contribution < -0.4 is 10.1 Å². The summed E-state index contributed by atoms with van der Waals surface area (Å²) in [4.78, 5) is 4.12. The Kier molecular flexibility index (Phi) is 4.08. The van der Waals surface area contributed by atoms with Crippen LogP contribution in [-0.4, -0.2) is 21.4 Å². The predicted octanol–water partition coefficient (Wildman–Crippen LogP) is 4.07. The van der Waals surface area contributed by atoms with Gasteiger partial charge in [-0.3, -0.25) is 0 Å². The third-order valence-corrected chi connectivity index (χ3v) is 4.02. The summed E-state index contributed by atoms with van der Waals surface area (Å²) in [5.74, 6) is -0.00216. The van der Waals surface area contributed by atoms with E-state index in [0.717, 1.165) is 0 Å². The quantitative estimate of drug-likeness (QED) is 0.764. The molecule has 132 valence electrons. The van der Waals surface area contributed by atoms with Gasteiger partial charge >= 0.3 is 6.61 Å². The number of fused-ring (bicyclic) bond motifs is 1. The zero-order valence-electron chi connectivity index (χ0n) is 13.3. The molecule has 0 saturated heterocycles. The Labute approximate surface area is 146 Å². The van der Waals surface area contributed by atoms with Gasteiger partial charge in [0.05, 0.1) is 5.70 Å². The second kappa shape index (κ2) is 6.55. The number of nitrogens with one attached hydrogen (secondary N) is 1. The molecule has 1 aliphatic rings. The van der Waals surface area contributed by atoms with E-state index in [4.69, 9.17) is 0 Å². The number of rotatable bonds is 4. The van der Waals surface area contributed by atoms with Gasteiger partial charge in [0.15, 0.2) is 0 Å².